The van der Waals surface area contributed by atoms with Gasteiger partial charge in [-0.1, -0.05) is 35.7 Å². The molecule has 0 bridgehead atoms. The molecule has 3 amide bonds. The standard InChI is InChI=1S/C15H19N3O2/c1-3-9-18(10-8-14(19)17-15(16)20)11-13-6-4-12(2)5-7-13/h1,4-7H,8-11H2,2H3,(H3,16,17,19,20). The van der Waals surface area contributed by atoms with Crippen LogP contribution in [-0.2, 0) is 11.3 Å². The van der Waals surface area contributed by atoms with Crippen LogP contribution in [0.2, 0.25) is 0 Å². The van der Waals surface area contributed by atoms with Gasteiger partial charge in [0.1, 0.15) is 0 Å². The molecule has 0 saturated heterocycles. The van der Waals surface area contributed by atoms with Crippen LogP contribution in [0.5, 0.6) is 0 Å². The Bertz CT molecular complexity index is 503. The van der Waals surface area contributed by atoms with E-state index in [1.807, 2.05) is 41.4 Å². The molecule has 0 fully saturated rings. The lowest BCUT2D eigenvalue weighted by atomic mass is 10.1. The topological polar surface area (TPSA) is 75.4 Å². The van der Waals surface area contributed by atoms with Gasteiger partial charge in [0.05, 0.1) is 6.54 Å². The Morgan fingerprint density at radius 3 is 2.55 bits per heavy atom. The molecule has 3 N–H and O–H groups in total. The Labute approximate surface area is 119 Å². The van der Waals surface area contributed by atoms with Gasteiger partial charge in [-0.25, -0.2) is 4.79 Å². The first-order chi connectivity index (χ1) is 9.51. The van der Waals surface area contributed by atoms with E-state index in [0.29, 0.717) is 19.6 Å². The number of rotatable bonds is 6. The molecule has 0 atom stereocenters. The summed E-state index contributed by atoms with van der Waals surface area (Å²) in [6.45, 7) is 3.60. The van der Waals surface area contributed by atoms with Gasteiger partial charge in [-0.05, 0) is 12.5 Å². The van der Waals surface area contributed by atoms with Crippen molar-refractivity contribution in [3.8, 4) is 12.3 Å². The molecule has 0 spiro atoms. The van der Waals surface area contributed by atoms with Gasteiger partial charge < -0.3 is 5.73 Å². The van der Waals surface area contributed by atoms with E-state index in [-0.39, 0.29) is 6.42 Å². The molecule has 1 aromatic rings. The quantitative estimate of drug-likeness (QED) is 0.760. The SMILES string of the molecule is C#CCN(CCC(=O)NC(N)=O)Cc1ccc(C)cc1. The minimum Gasteiger partial charge on any atom is -0.351 e. The Morgan fingerprint density at radius 1 is 1.35 bits per heavy atom. The monoisotopic (exact) mass is 273 g/mol. The number of urea groups is 1. The number of imide groups is 1. The van der Waals surface area contributed by atoms with Gasteiger partial charge in [-0.15, -0.1) is 6.42 Å². The Balaban J connectivity index is 2.52. The number of carbonyl (C=O) groups excluding carboxylic acids is 2. The highest BCUT2D eigenvalue weighted by molar-refractivity contribution is 5.93. The van der Waals surface area contributed by atoms with Crippen molar-refractivity contribution in [2.24, 2.45) is 5.73 Å². The second-order valence-electron chi connectivity index (χ2n) is 4.56. The lowest BCUT2D eigenvalue weighted by Gasteiger charge is -2.19. The third kappa shape index (κ3) is 6.03. The molecule has 0 aliphatic carbocycles. The number of nitrogens with zero attached hydrogens (tertiary/aromatic N) is 1. The second kappa shape index (κ2) is 7.97. The largest absolute Gasteiger partial charge is 0.351 e. The van der Waals surface area contributed by atoms with Gasteiger partial charge in [0, 0.05) is 19.5 Å². The smallest absolute Gasteiger partial charge is 0.318 e. The summed E-state index contributed by atoms with van der Waals surface area (Å²) in [6.07, 6.45) is 5.51. The van der Waals surface area contributed by atoms with Crippen LogP contribution in [0.15, 0.2) is 24.3 Å². The molecule has 5 heteroatoms. The number of carbonyl (C=O) groups is 2. The van der Waals surface area contributed by atoms with E-state index in [4.69, 9.17) is 12.2 Å². The van der Waals surface area contributed by atoms with Crippen LogP contribution in [0.4, 0.5) is 4.79 Å². The maximum atomic E-state index is 11.4. The summed E-state index contributed by atoms with van der Waals surface area (Å²) in [7, 11) is 0. The molecule has 0 aliphatic heterocycles. The molecule has 0 aromatic heterocycles. The highest BCUT2D eigenvalue weighted by Crippen LogP contribution is 2.07. The minimum atomic E-state index is -0.836. The van der Waals surface area contributed by atoms with Crippen LogP contribution in [0, 0.1) is 19.3 Å². The van der Waals surface area contributed by atoms with Crippen molar-refractivity contribution >= 4 is 11.9 Å². The Hall–Kier alpha value is -2.32. The molecule has 1 rings (SSSR count). The first-order valence-corrected chi connectivity index (χ1v) is 6.32. The highest BCUT2D eigenvalue weighted by atomic mass is 16.2. The lowest BCUT2D eigenvalue weighted by molar-refractivity contribution is -0.120. The van der Waals surface area contributed by atoms with E-state index in [0.717, 1.165) is 5.56 Å². The summed E-state index contributed by atoms with van der Waals surface area (Å²) in [5, 5.41) is 2.03. The molecule has 1 aromatic carbocycles. The lowest BCUT2D eigenvalue weighted by Crippen LogP contribution is -2.37. The molecular formula is C15H19N3O2. The predicted molar refractivity (Wildman–Crippen MR) is 77.6 cm³/mol. The van der Waals surface area contributed by atoms with Crippen molar-refractivity contribution in [1.29, 1.82) is 0 Å². The van der Waals surface area contributed by atoms with Crippen LogP contribution in [-0.4, -0.2) is 29.9 Å². The van der Waals surface area contributed by atoms with E-state index in [1.165, 1.54) is 5.56 Å². The fraction of sp³-hybridized carbons (Fsp3) is 0.333. The van der Waals surface area contributed by atoms with Crippen molar-refractivity contribution in [1.82, 2.24) is 10.2 Å². The first-order valence-electron chi connectivity index (χ1n) is 6.32. The van der Waals surface area contributed by atoms with E-state index >= 15 is 0 Å². The fourth-order valence-electron chi connectivity index (χ4n) is 1.75. The van der Waals surface area contributed by atoms with Crippen molar-refractivity contribution in [3.05, 3.63) is 35.4 Å². The number of hydrogen-bond acceptors (Lipinski definition) is 3. The zero-order valence-corrected chi connectivity index (χ0v) is 11.6. The van der Waals surface area contributed by atoms with Gasteiger partial charge in [0.15, 0.2) is 0 Å². The van der Waals surface area contributed by atoms with Crippen LogP contribution < -0.4 is 11.1 Å². The number of nitrogens with one attached hydrogen (secondary N) is 1. The van der Waals surface area contributed by atoms with E-state index < -0.39 is 11.9 Å². The average molecular weight is 273 g/mol. The highest BCUT2D eigenvalue weighted by Gasteiger charge is 2.09. The first kappa shape index (κ1) is 15.7. The predicted octanol–water partition coefficient (Wildman–Crippen LogP) is 1.02. The third-order valence-corrected chi connectivity index (χ3v) is 2.76. The number of aryl methyl sites for hydroxylation is 1. The molecule has 20 heavy (non-hydrogen) atoms. The Morgan fingerprint density at radius 2 is 2.00 bits per heavy atom. The van der Waals surface area contributed by atoms with Gasteiger partial charge in [-0.2, -0.15) is 0 Å². The van der Waals surface area contributed by atoms with Gasteiger partial charge in [-0.3, -0.25) is 15.0 Å². The van der Waals surface area contributed by atoms with Gasteiger partial charge in [0.2, 0.25) is 5.91 Å². The number of nitrogens with two attached hydrogens (primary N) is 1. The van der Waals surface area contributed by atoms with Crippen LogP contribution in [0.3, 0.4) is 0 Å². The molecule has 5 nitrogen and oxygen atoms in total. The van der Waals surface area contributed by atoms with Crippen molar-refractivity contribution in [2.45, 2.75) is 19.9 Å². The molecule has 0 aliphatic rings. The van der Waals surface area contributed by atoms with Crippen molar-refractivity contribution in [2.75, 3.05) is 13.1 Å². The summed E-state index contributed by atoms with van der Waals surface area (Å²) in [6, 6.07) is 7.29. The van der Waals surface area contributed by atoms with Crippen molar-refractivity contribution < 1.29 is 9.59 Å². The number of hydrogen-bond donors (Lipinski definition) is 2. The van der Waals surface area contributed by atoms with E-state index in [2.05, 4.69) is 5.92 Å². The normalized spacial score (nSPS) is 10.1. The maximum absolute atomic E-state index is 11.4. The maximum Gasteiger partial charge on any atom is 0.318 e. The van der Waals surface area contributed by atoms with Crippen molar-refractivity contribution in [3.63, 3.8) is 0 Å². The van der Waals surface area contributed by atoms with E-state index in [9.17, 15) is 9.59 Å². The number of benzene rings is 1. The zero-order valence-electron chi connectivity index (χ0n) is 11.6. The summed E-state index contributed by atoms with van der Waals surface area (Å²) < 4.78 is 0. The van der Waals surface area contributed by atoms with Crippen LogP contribution in [0.25, 0.3) is 0 Å². The van der Waals surface area contributed by atoms with Gasteiger partial charge in [0.25, 0.3) is 0 Å². The van der Waals surface area contributed by atoms with E-state index in [1.54, 1.807) is 0 Å². The molecule has 0 radical (unpaired) electrons. The van der Waals surface area contributed by atoms with Crippen LogP contribution in [0.1, 0.15) is 17.5 Å². The molecular weight excluding hydrogens is 254 g/mol. The number of terminal acetylenes is 1. The minimum absolute atomic E-state index is 0.177. The number of primary amides is 1. The summed E-state index contributed by atoms with van der Waals surface area (Å²) in [5.41, 5.74) is 7.20. The zero-order chi connectivity index (χ0) is 15.0. The number of amides is 3. The molecule has 0 heterocycles. The molecule has 106 valence electrons. The molecule has 0 unspecified atom stereocenters. The summed E-state index contributed by atoms with van der Waals surface area (Å²) in [5.74, 6) is 2.17. The summed E-state index contributed by atoms with van der Waals surface area (Å²) in [4.78, 5) is 23.9. The summed E-state index contributed by atoms with van der Waals surface area (Å²) >= 11 is 0. The average Bonchev–Trinajstić information content (AvgIpc) is 2.38. The van der Waals surface area contributed by atoms with Gasteiger partial charge >= 0.3 is 6.03 Å². The second-order valence-corrected chi connectivity index (χ2v) is 4.56. The third-order valence-electron chi connectivity index (χ3n) is 2.76. The fourth-order valence-corrected chi connectivity index (χ4v) is 1.75. The van der Waals surface area contributed by atoms with Crippen LogP contribution >= 0.6 is 0 Å². The Kier molecular flexibility index (Phi) is 6.27. The molecule has 0 saturated carbocycles.